The lowest BCUT2D eigenvalue weighted by Gasteiger charge is -2.00. The second-order valence-electron chi connectivity index (χ2n) is 4.03. The molecule has 0 radical (unpaired) electrons. The molecule has 19 heavy (non-hydrogen) atoms. The Kier molecular flexibility index (Phi) is 2.93. The number of imidazole rings is 1. The summed E-state index contributed by atoms with van der Waals surface area (Å²) in [5, 5.41) is 12.4. The van der Waals surface area contributed by atoms with Crippen LogP contribution in [-0.4, -0.2) is 20.8 Å². The van der Waals surface area contributed by atoms with Crippen LogP contribution in [0, 0.1) is 0 Å². The van der Waals surface area contributed by atoms with Gasteiger partial charge in [0.15, 0.2) is 0 Å². The number of nitrogens with zero attached hydrogens (tertiary/aromatic N) is 3. The fourth-order valence-corrected chi connectivity index (χ4v) is 2.14. The van der Waals surface area contributed by atoms with E-state index in [0.29, 0.717) is 10.7 Å². The number of fused-ring (bicyclic) bond motifs is 1. The molecule has 0 unspecified atom stereocenters. The highest BCUT2D eigenvalue weighted by Crippen LogP contribution is 2.23. The second kappa shape index (κ2) is 4.74. The van der Waals surface area contributed by atoms with Crippen LogP contribution in [-0.2, 0) is 0 Å². The lowest BCUT2D eigenvalue weighted by Crippen LogP contribution is -1.87. The normalized spacial score (nSPS) is 11.4. The Morgan fingerprint density at radius 1 is 1.16 bits per heavy atom. The summed E-state index contributed by atoms with van der Waals surface area (Å²) < 4.78 is 1.94. The minimum Gasteiger partial charge on any atom is -0.411 e. The van der Waals surface area contributed by atoms with Gasteiger partial charge in [0.2, 0.25) is 0 Å². The van der Waals surface area contributed by atoms with Crippen molar-refractivity contribution in [2.45, 2.75) is 0 Å². The van der Waals surface area contributed by atoms with Crippen LogP contribution in [0.25, 0.3) is 16.9 Å². The van der Waals surface area contributed by atoms with Crippen molar-refractivity contribution in [3.63, 3.8) is 0 Å². The van der Waals surface area contributed by atoms with Gasteiger partial charge in [-0.3, -0.25) is 4.40 Å². The summed E-state index contributed by atoms with van der Waals surface area (Å²) in [6.07, 6.45) is 3.25. The van der Waals surface area contributed by atoms with Crippen molar-refractivity contribution in [1.29, 1.82) is 0 Å². The van der Waals surface area contributed by atoms with Gasteiger partial charge < -0.3 is 5.21 Å². The molecule has 4 nitrogen and oxygen atoms in total. The zero-order chi connectivity index (χ0) is 13.2. The third-order valence-electron chi connectivity index (χ3n) is 2.86. The highest BCUT2D eigenvalue weighted by atomic mass is 35.5. The van der Waals surface area contributed by atoms with E-state index < -0.39 is 0 Å². The Morgan fingerprint density at radius 2 is 1.95 bits per heavy atom. The van der Waals surface area contributed by atoms with Crippen molar-refractivity contribution in [3.05, 3.63) is 59.4 Å². The molecule has 0 spiro atoms. The number of halogens is 1. The highest BCUT2D eigenvalue weighted by molar-refractivity contribution is 6.30. The highest BCUT2D eigenvalue weighted by Gasteiger charge is 2.10. The summed E-state index contributed by atoms with van der Waals surface area (Å²) in [7, 11) is 0. The standard InChI is InChI=1S/C14H10ClN3O/c15-11-6-4-10(5-7-11)14-17-12(9-16-19)13-3-1-2-8-18(13)14/h1-9,19H. The van der Waals surface area contributed by atoms with Crippen molar-refractivity contribution in [2.75, 3.05) is 0 Å². The molecule has 0 aliphatic carbocycles. The van der Waals surface area contributed by atoms with Gasteiger partial charge in [0.25, 0.3) is 0 Å². The van der Waals surface area contributed by atoms with Gasteiger partial charge in [-0.2, -0.15) is 0 Å². The van der Waals surface area contributed by atoms with E-state index in [1.165, 1.54) is 6.21 Å². The van der Waals surface area contributed by atoms with Gasteiger partial charge in [-0.25, -0.2) is 4.98 Å². The van der Waals surface area contributed by atoms with Gasteiger partial charge in [0.1, 0.15) is 11.5 Å². The van der Waals surface area contributed by atoms with Gasteiger partial charge >= 0.3 is 0 Å². The molecule has 0 atom stereocenters. The van der Waals surface area contributed by atoms with Crippen molar-refractivity contribution < 1.29 is 5.21 Å². The molecule has 0 bridgehead atoms. The average Bonchev–Trinajstić information content (AvgIpc) is 2.80. The molecule has 0 saturated carbocycles. The second-order valence-corrected chi connectivity index (χ2v) is 4.46. The third-order valence-corrected chi connectivity index (χ3v) is 3.11. The van der Waals surface area contributed by atoms with E-state index in [1.54, 1.807) is 0 Å². The number of oxime groups is 1. The Labute approximate surface area is 114 Å². The molecule has 3 aromatic rings. The number of rotatable bonds is 2. The molecule has 1 aromatic carbocycles. The Bertz CT molecular complexity index is 747. The predicted molar refractivity (Wildman–Crippen MR) is 75.0 cm³/mol. The smallest absolute Gasteiger partial charge is 0.145 e. The van der Waals surface area contributed by atoms with Gasteiger partial charge in [0.05, 0.1) is 11.7 Å². The molecule has 3 rings (SSSR count). The van der Waals surface area contributed by atoms with Gasteiger partial charge in [0, 0.05) is 16.8 Å². The molecular weight excluding hydrogens is 262 g/mol. The molecule has 2 aromatic heterocycles. The number of hydrogen-bond donors (Lipinski definition) is 1. The number of aromatic nitrogens is 2. The first-order chi connectivity index (χ1) is 9.29. The number of hydrogen-bond acceptors (Lipinski definition) is 3. The monoisotopic (exact) mass is 271 g/mol. The zero-order valence-electron chi connectivity index (χ0n) is 9.86. The van der Waals surface area contributed by atoms with Crippen molar-refractivity contribution in [1.82, 2.24) is 9.38 Å². The summed E-state index contributed by atoms with van der Waals surface area (Å²) in [6.45, 7) is 0. The average molecular weight is 272 g/mol. The topological polar surface area (TPSA) is 49.9 Å². The van der Waals surface area contributed by atoms with Crippen molar-refractivity contribution >= 4 is 23.3 Å². The van der Waals surface area contributed by atoms with Crippen molar-refractivity contribution in [2.24, 2.45) is 5.16 Å². The molecule has 0 amide bonds. The first kappa shape index (κ1) is 11.7. The third kappa shape index (κ3) is 2.06. The van der Waals surface area contributed by atoms with Gasteiger partial charge in [-0.05, 0) is 36.4 Å². The zero-order valence-corrected chi connectivity index (χ0v) is 10.6. The quantitative estimate of drug-likeness (QED) is 0.441. The largest absolute Gasteiger partial charge is 0.411 e. The minimum absolute atomic E-state index is 0.619. The van der Waals surface area contributed by atoms with Crippen LogP contribution in [0.15, 0.2) is 53.8 Å². The maximum atomic E-state index is 8.70. The van der Waals surface area contributed by atoms with E-state index in [1.807, 2.05) is 53.1 Å². The van der Waals surface area contributed by atoms with E-state index in [4.69, 9.17) is 16.8 Å². The molecule has 5 heteroatoms. The summed E-state index contributed by atoms with van der Waals surface area (Å²) in [6, 6.07) is 13.2. The lowest BCUT2D eigenvalue weighted by atomic mass is 10.2. The Hall–Kier alpha value is -2.33. The van der Waals surface area contributed by atoms with Crippen LogP contribution in [0.5, 0.6) is 0 Å². The maximum Gasteiger partial charge on any atom is 0.145 e. The summed E-state index contributed by atoms with van der Waals surface area (Å²) in [5.41, 5.74) is 2.45. The summed E-state index contributed by atoms with van der Waals surface area (Å²) in [4.78, 5) is 4.49. The van der Waals surface area contributed by atoms with E-state index in [-0.39, 0.29) is 0 Å². The molecule has 94 valence electrons. The lowest BCUT2D eigenvalue weighted by molar-refractivity contribution is 0.322. The van der Waals surface area contributed by atoms with Gasteiger partial charge in [-0.15, -0.1) is 0 Å². The van der Waals surface area contributed by atoms with E-state index >= 15 is 0 Å². The maximum absolute atomic E-state index is 8.70. The molecule has 1 N–H and O–H groups in total. The predicted octanol–water partition coefficient (Wildman–Crippen LogP) is 3.46. The first-order valence-electron chi connectivity index (χ1n) is 5.70. The molecule has 0 aliphatic rings. The number of benzene rings is 1. The number of pyridine rings is 1. The fraction of sp³-hybridized carbons (Fsp3) is 0. The van der Waals surface area contributed by atoms with E-state index in [0.717, 1.165) is 16.9 Å². The van der Waals surface area contributed by atoms with Crippen LogP contribution in [0.3, 0.4) is 0 Å². The van der Waals surface area contributed by atoms with Crippen LogP contribution in [0.2, 0.25) is 5.02 Å². The SMILES string of the molecule is ON=Cc1nc(-c2ccc(Cl)cc2)n2ccccc12. The fourth-order valence-electron chi connectivity index (χ4n) is 2.01. The van der Waals surface area contributed by atoms with E-state index in [2.05, 4.69) is 10.1 Å². The molecule has 0 saturated heterocycles. The molecule has 0 aliphatic heterocycles. The Balaban J connectivity index is 2.26. The van der Waals surface area contributed by atoms with Crippen LogP contribution >= 0.6 is 11.6 Å². The van der Waals surface area contributed by atoms with Crippen LogP contribution < -0.4 is 0 Å². The minimum atomic E-state index is 0.619. The molecular formula is C14H10ClN3O. The van der Waals surface area contributed by atoms with Crippen LogP contribution in [0.4, 0.5) is 0 Å². The van der Waals surface area contributed by atoms with E-state index in [9.17, 15) is 0 Å². The van der Waals surface area contributed by atoms with Crippen LogP contribution in [0.1, 0.15) is 5.69 Å². The summed E-state index contributed by atoms with van der Waals surface area (Å²) >= 11 is 5.89. The molecule has 2 heterocycles. The molecule has 0 fully saturated rings. The Morgan fingerprint density at radius 3 is 2.68 bits per heavy atom. The van der Waals surface area contributed by atoms with Crippen molar-refractivity contribution in [3.8, 4) is 11.4 Å². The summed E-state index contributed by atoms with van der Waals surface area (Å²) in [5.74, 6) is 0.780. The first-order valence-corrected chi connectivity index (χ1v) is 6.08. The van der Waals surface area contributed by atoms with Gasteiger partial charge in [-0.1, -0.05) is 22.8 Å².